The molecule has 0 aliphatic carbocycles. The van der Waals surface area contributed by atoms with Crippen molar-refractivity contribution in [1.82, 2.24) is 4.98 Å². The van der Waals surface area contributed by atoms with Gasteiger partial charge in [0.15, 0.2) is 11.4 Å². The number of nitrogens with zero attached hydrogens (tertiary/aromatic N) is 2. The molecule has 1 N–H and O–H groups in total. The van der Waals surface area contributed by atoms with Crippen molar-refractivity contribution < 1.29 is 4.74 Å². The molecule has 2 aromatic carbocycles. The van der Waals surface area contributed by atoms with E-state index >= 15 is 0 Å². The standard InChI is InChI=1S/C19H13N3OS/c20-11-13-6-8-17-15(10-13)7-9-18(23-17)22-19-21-16(12-24-19)14-4-2-1-3-5-14/h1-10,12,18H,(H,21,22). The molecule has 116 valence electrons. The second kappa shape index (κ2) is 6.19. The number of hydrogen-bond acceptors (Lipinski definition) is 5. The third-order valence-electron chi connectivity index (χ3n) is 3.68. The van der Waals surface area contributed by atoms with Crippen molar-refractivity contribution in [3.05, 3.63) is 71.1 Å². The van der Waals surface area contributed by atoms with Gasteiger partial charge in [0.1, 0.15) is 5.75 Å². The molecule has 0 saturated carbocycles. The maximum absolute atomic E-state index is 8.95. The van der Waals surface area contributed by atoms with E-state index < -0.39 is 0 Å². The highest BCUT2D eigenvalue weighted by Gasteiger charge is 2.16. The molecule has 0 saturated heterocycles. The Bertz CT molecular complexity index is 941. The fourth-order valence-corrected chi connectivity index (χ4v) is 3.25. The fraction of sp³-hybridized carbons (Fsp3) is 0.0526. The van der Waals surface area contributed by atoms with E-state index in [1.54, 1.807) is 17.4 Å². The number of nitrogens with one attached hydrogen (secondary N) is 1. The summed E-state index contributed by atoms with van der Waals surface area (Å²) < 4.78 is 5.91. The van der Waals surface area contributed by atoms with E-state index in [9.17, 15) is 0 Å². The first-order valence-corrected chi connectivity index (χ1v) is 8.36. The van der Waals surface area contributed by atoms with Gasteiger partial charge in [-0.3, -0.25) is 0 Å². The van der Waals surface area contributed by atoms with E-state index in [4.69, 9.17) is 10.00 Å². The third-order valence-corrected chi connectivity index (χ3v) is 4.46. The minimum Gasteiger partial charge on any atom is -0.466 e. The highest BCUT2D eigenvalue weighted by molar-refractivity contribution is 7.14. The fourth-order valence-electron chi connectivity index (χ4n) is 2.50. The van der Waals surface area contributed by atoms with Crippen molar-refractivity contribution in [1.29, 1.82) is 5.26 Å². The van der Waals surface area contributed by atoms with Crippen LogP contribution < -0.4 is 10.1 Å². The quantitative estimate of drug-likeness (QED) is 0.766. The number of ether oxygens (including phenoxy) is 1. The van der Waals surface area contributed by atoms with Crippen LogP contribution in [0.1, 0.15) is 11.1 Å². The van der Waals surface area contributed by atoms with Gasteiger partial charge in [0.05, 0.1) is 17.3 Å². The zero-order valence-electron chi connectivity index (χ0n) is 12.6. The number of aromatic nitrogens is 1. The number of fused-ring (bicyclic) bond motifs is 1. The van der Waals surface area contributed by atoms with Crippen molar-refractivity contribution >= 4 is 22.5 Å². The number of rotatable bonds is 3. The van der Waals surface area contributed by atoms with Gasteiger partial charge in [-0.15, -0.1) is 11.3 Å². The summed E-state index contributed by atoms with van der Waals surface area (Å²) in [5, 5.41) is 15.1. The summed E-state index contributed by atoms with van der Waals surface area (Å²) in [5.74, 6) is 0.758. The van der Waals surface area contributed by atoms with Crippen LogP contribution in [-0.4, -0.2) is 11.2 Å². The summed E-state index contributed by atoms with van der Waals surface area (Å²) in [6.07, 6.45) is 3.61. The van der Waals surface area contributed by atoms with Crippen LogP contribution in [0.5, 0.6) is 5.75 Å². The molecule has 4 rings (SSSR count). The van der Waals surface area contributed by atoms with Gasteiger partial charge in [-0.25, -0.2) is 4.98 Å². The molecular formula is C19H13N3OS. The third kappa shape index (κ3) is 2.87. The van der Waals surface area contributed by atoms with Crippen molar-refractivity contribution in [2.45, 2.75) is 6.23 Å². The Morgan fingerprint density at radius 1 is 1.17 bits per heavy atom. The Labute approximate surface area is 143 Å². The molecule has 1 aromatic heterocycles. The van der Waals surface area contributed by atoms with Crippen LogP contribution in [0, 0.1) is 11.3 Å². The monoisotopic (exact) mass is 331 g/mol. The number of thiazole rings is 1. The van der Waals surface area contributed by atoms with Crippen LogP contribution in [0.2, 0.25) is 0 Å². The van der Waals surface area contributed by atoms with E-state index in [2.05, 4.69) is 16.4 Å². The van der Waals surface area contributed by atoms with Gasteiger partial charge in [-0.1, -0.05) is 30.3 Å². The highest BCUT2D eigenvalue weighted by Crippen LogP contribution is 2.29. The molecule has 1 aliphatic rings. The van der Waals surface area contributed by atoms with E-state index in [1.807, 2.05) is 60.0 Å². The average Bonchev–Trinajstić information content (AvgIpc) is 3.10. The molecule has 0 bridgehead atoms. The first-order valence-electron chi connectivity index (χ1n) is 7.48. The minimum absolute atomic E-state index is 0.278. The Morgan fingerprint density at radius 3 is 2.88 bits per heavy atom. The molecule has 0 radical (unpaired) electrons. The number of anilines is 1. The van der Waals surface area contributed by atoms with Crippen LogP contribution in [0.3, 0.4) is 0 Å². The molecule has 3 aromatic rings. The largest absolute Gasteiger partial charge is 0.466 e. The Balaban J connectivity index is 1.50. The van der Waals surface area contributed by atoms with Crippen molar-refractivity contribution in [2.75, 3.05) is 5.32 Å². The van der Waals surface area contributed by atoms with Crippen molar-refractivity contribution in [3.63, 3.8) is 0 Å². The molecule has 0 fully saturated rings. The summed E-state index contributed by atoms with van der Waals surface area (Å²) in [7, 11) is 0. The van der Waals surface area contributed by atoms with Crippen LogP contribution in [0.4, 0.5) is 5.13 Å². The van der Waals surface area contributed by atoms with Crippen molar-refractivity contribution in [3.8, 4) is 23.1 Å². The number of hydrogen-bond donors (Lipinski definition) is 1. The van der Waals surface area contributed by atoms with Gasteiger partial charge in [-0.05, 0) is 30.4 Å². The van der Waals surface area contributed by atoms with Gasteiger partial charge < -0.3 is 10.1 Å². The zero-order valence-corrected chi connectivity index (χ0v) is 13.5. The predicted octanol–water partition coefficient (Wildman–Crippen LogP) is 4.53. The highest BCUT2D eigenvalue weighted by atomic mass is 32.1. The van der Waals surface area contributed by atoms with Gasteiger partial charge >= 0.3 is 0 Å². The SMILES string of the molecule is N#Cc1ccc2c(c1)C=CC(Nc1nc(-c3ccccc3)cs1)O2. The average molecular weight is 331 g/mol. The smallest absolute Gasteiger partial charge is 0.191 e. The summed E-state index contributed by atoms with van der Waals surface area (Å²) in [6, 6.07) is 17.6. The first-order chi connectivity index (χ1) is 11.8. The minimum atomic E-state index is -0.278. The van der Waals surface area contributed by atoms with Gasteiger partial charge in [0, 0.05) is 16.5 Å². The summed E-state index contributed by atoms with van der Waals surface area (Å²) in [4.78, 5) is 4.61. The van der Waals surface area contributed by atoms with Gasteiger partial charge in [-0.2, -0.15) is 5.26 Å². The summed E-state index contributed by atoms with van der Waals surface area (Å²) in [5.41, 5.74) is 3.58. The molecule has 24 heavy (non-hydrogen) atoms. The van der Waals surface area contributed by atoms with E-state index in [1.165, 1.54) is 0 Å². The van der Waals surface area contributed by atoms with Crippen LogP contribution in [-0.2, 0) is 0 Å². The first kappa shape index (κ1) is 14.5. The van der Waals surface area contributed by atoms with E-state index in [0.29, 0.717) is 5.56 Å². The van der Waals surface area contributed by atoms with E-state index in [-0.39, 0.29) is 6.23 Å². The van der Waals surface area contributed by atoms with Gasteiger partial charge in [0.2, 0.25) is 0 Å². The molecule has 1 atom stereocenters. The molecule has 0 spiro atoms. The van der Waals surface area contributed by atoms with Gasteiger partial charge in [0.25, 0.3) is 0 Å². The van der Waals surface area contributed by atoms with Crippen molar-refractivity contribution in [2.24, 2.45) is 0 Å². The molecule has 5 heteroatoms. The van der Waals surface area contributed by atoms with E-state index in [0.717, 1.165) is 27.7 Å². The van der Waals surface area contributed by atoms with Crippen LogP contribution in [0.15, 0.2) is 60.0 Å². The normalized spacial score (nSPS) is 15.2. The number of benzene rings is 2. The molecule has 2 heterocycles. The Morgan fingerprint density at radius 2 is 2.04 bits per heavy atom. The molecule has 4 nitrogen and oxygen atoms in total. The van der Waals surface area contributed by atoms with Crippen LogP contribution in [0.25, 0.3) is 17.3 Å². The lowest BCUT2D eigenvalue weighted by molar-refractivity contribution is 0.274. The second-order valence-electron chi connectivity index (χ2n) is 5.31. The number of nitriles is 1. The Kier molecular flexibility index (Phi) is 3.73. The maximum atomic E-state index is 8.95. The lowest BCUT2D eigenvalue weighted by Crippen LogP contribution is -2.26. The molecule has 1 unspecified atom stereocenters. The maximum Gasteiger partial charge on any atom is 0.191 e. The lowest BCUT2D eigenvalue weighted by atomic mass is 10.1. The lowest BCUT2D eigenvalue weighted by Gasteiger charge is -2.22. The zero-order chi connectivity index (χ0) is 16.4. The summed E-state index contributed by atoms with van der Waals surface area (Å²) >= 11 is 1.55. The predicted molar refractivity (Wildman–Crippen MR) is 95.8 cm³/mol. The van der Waals surface area contributed by atoms with Crippen LogP contribution >= 0.6 is 11.3 Å². The summed E-state index contributed by atoms with van der Waals surface area (Å²) in [6.45, 7) is 0. The molecular weight excluding hydrogens is 318 g/mol. The molecule has 1 aliphatic heterocycles. The molecule has 0 amide bonds. The second-order valence-corrected chi connectivity index (χ2v) is 6.17. The Hall–Kier alpha value is -3.10. The topological polar surface area (TPSA) is 57.9 Å².